The lowest BCUT2D eigenvalue weighted by molar-refractivity contribution is 0.596. The number of hydrogen-bond donors (Lipinski definition) is 1. The lowest BCUT2D eigenvalue weighted by atomic mass is 10.2. The van der Waals surface area contributed by atoms with Crippen LogP contribution >= 0.6 is 0 Å². The van der Waals surface area contributed by atoms with Crippen molar-refractivity contribution in [2.75, 3.05) is 9.62 Å². The summed E-state index contributed by atoms with van der Waals surface area (Å²) in [6.07, 6.45) is 0. The van der Waals surface area contributed by atoms with Gasteiger partial charge in [-0.2, -0.15) is 0 Å². The molecule has 0 amide bonds. The van der Waals surface area contributed by atoms with Gasteiger partial charge >= 0.3 is 0 Å². The number of sulfonamides is 1. The zero-order valence-corrected chi connectivity index (χ0v) is 16.5. The molecular weight excluding hydrogens is 380 g/mol. The van der Waals surface area contributed by atoms with Gasteiger partial charge in [-0.1, -0.05) is 66.7 Å². The van der Waals surface area contributed by atoms with Crippen molar-refractivity contribution < 1.29 is 8.42 Å². The molecule has 0 aromatic heterocycles. The molecule has 1 N–H and O–H groups in total. The highest BCUT2D eigenvalue weighted by Gasteiger charge is 2.28. The van der Waals surface area contributed by atoms with Gasteiger partial charge in [-0.25, -0.2) is 12.7 Å². The smallest absolute Gasteiger partial charge is 0.270 e. The van der Waals surface area contributed by atoms with Crippen LogP contribution in [0.2, 0.25) is 0 Å². The van der Waals surface area contributed by atoms with E-state index in [1.165, 1.54) is 4.31 Å². The lowest BCUT2D eigenvalue weighted by Gasteiger charge is -2.26. The van der Waals surface area contributed by atoms with Crippen LogP contribution in [0.25, 0.3) is 0 Å². The lowest BCUT2D eigenvalue weighted by Crippen LogP contribution is -2.26. The maximum Gasteiger partial charge on any atom is 0.270 e. The van der Waals surface area contributed by atoms with Crippen LogP contribution in [0.4, 0.5) is 22.7 Å². The van der Waals surface area contributed by atoms with Gasteiger partial charge in [-0.3, -0.25) is 0 Å². The van der Waals surface area contributed by atoms with Gasteiger partial charge in [0.2, 0.25) is 0 Å². The fourth-order valence-electron chi connectivity index (χ4n) is 3.12. The van der Waals surface area contributed by atoms with Crippen molar-refractivity contribution in [2.45, 2.75) is 4.90 Å². The summed E-state index contributed by atoms with van der Waals surface area (Å²) in [6.45, 7) is 0. The minimum atomic E-state index is -3.89. The molecule has 0 spiro atoms. The first-order chi connectivity index (χ1) is 14.2. The number of benzene rings is 4. The summed E-state index contributed by atoms with van der Waals surface area (Å²) in [5.74, 6) is 0. The van der Waals surface area contributed by atoms with Crippen LogP contribution in [0.1, 0.15) is 0 Å². The van der Waals surface area contributed by atoms with Gasteiger partial charge in [-0.15, -0.1) is 0 Å². The number of para-hydroxylation sites is 4. The Kier molecular flexibility index (Phi) is 5.31. The molecule has 0 fully saturated rings. The summed E-state index contributed by atoms with van der Waals surface area (Å²) in [5, 5.41) is 3.23. The van der Waals surface area contributed by atoms with Crippen molar-refractivity contribution in [3.8, 4) is 0 Å². The van der Waals surface area contributed by atoms with E-state index in [2.05, 4.69) is 5.32 Å². The summed E-state index contributed by atoms with van der Waals surface area (Å²) in [7, 11) is -3.89. The highest BCUT2D eigenvalue weighted by molar-refractivity contribution is 7.93. The normalized spacial score (nSPS) is 11.0. The molecule has 4 aromatic rings. The minimum absolute atomic E-state index is 0.205. The van der Waals surface area contributed by atoms with Gasteiger partial charge in [-0.05, 0) is 48.5 Å². The maximum atomic E-state index is 13.8. The first-order valence-corrected chi connectivity index (χ1v) is 10.7. The molecule has 0 saturated carbocycles. The molecule has 29 heavy (non-hydrogen) atoms. The van der Waals surface area contributed by atoms with E-state index < -0.39 is 10.0 Å². The molecule has 144 valence electrons. The topological polar surface area (TPSA) is 49.4 Å². The third kappa shape index (κ3) is 4.00. The number of hydrogen-bond acceptors (Lipinski definition) is 3. The van der Waals surface area contributed by atoms with E-state index in [-0.39, 0.29) is 4.90 Å². The highest BCUT2D eigenvalue weighted by atomic mass is 32.2. The Balaban J connectivity index is 1.84. The second-order valence-corrected chi connectivity index (χ2v) is 8.18. The van der Waals surface area contributed by atoms with Crippen LogP contribution in [0, 0.1) is 0 Å². The molecule has 0 heterocycles. The van der Waals surface area contributed by atoms with Crippen LogP contribution in [-0.4, -0.2) is 8.42 Å². The van der Waals surface area contributed by atoms with E-state index in [1.54, 1.807) is 42.5 Å². The molecule has 0 aliphatic rings. The van der Waals surface area contributed by atoms with Crippen LogP contribution in [0.15, 0.2) is 120 Å². The van der Waals surface area contributed by atoms with E-state index in [0.29, 0.717) is 17.1 Å². The fraction of sp³-hybridized carbons (Fsp3) is 0. The Morgan fingerprint density at radius 1 is 0.552 bits per heavy atom. The number of nitrogens with zero attached hydrogens (tertiary/aromatic N) is 1. The van der Waals surface area contributed by atoms with Gasteiger partial charge in [0.05, 0.1) is 17.1 Å². The van der Waals surface area contributed by atoms with Crippen molar-refractivity contribution in [2.24, 2.45) is 0 Å². The van der Waals surface area contributed by atoms with Crippen LogP contribution in [0.5, 0.6) is 0 Å². The second-order valence-electron chi connectivity index (χ2n) is 6.43. The molecule has 0 bridgehead atoms. The molecule has 4 nitrogen and oxygen atoms in total. The molecule has 0 aliphatic heterocycles. The molecule has 0 radical (unpaired) electrons. The Morgan fingerprint density at radius 3 is 1.55 bits per heavy atom. The third-order valence-corrected chi connectivity index (χ3v) is 6.25. The average molecular weight is 401 g/mol. The van der Waals surface area contributed by atoms with Crippen molar-refractivity contribution in [3.63, 3.8) is 0 Å². The molecule has 4 rings (SSSR count). The van der Waals surface area contributed by atoms with E-state index in [4.69, 9.17) is 0 Å². The number of anilines is 4. The summed E-state index contributed by atoms with van der Waals surface area (Å²) in [5.41, 5.74) is 2.50. The largest absolute Gasteiger partial charge is 0.354 e. The van der Waals surface area contributed by atoms with E-state index >= 15 is 0 Å². The van der Waals surface area contributed by atoms with Crippen LogP contribution < -0.4 is 9.62 Å². The highest BCUT2D eigenvalue weighted by Crippen LogP contribution is 2.35. The predicted molar refractivity (Wildman–Crippen MR) is 118 cm³/mol. The first kappa shape index (κ1) is 18.8. The molecule has 0 saturated heterocycles. The fourth-order valence-corrected chi connectivity index (χ4v) is 4.77. The monoisotopic (exact) mass is 400 g/mol. The van der Waals surface area contributed by atoms with Crippen molar-refractivity contribution in [1.82, 2.24) is 0 Å². The van der Waals surface area contributed by atoms with Crippen molar-refractivity contribution in [3.05, 3.63) is 115 Å². The number of nitrogens with one attached hydrogen (secondary N) is 1. The van der Waals surface area contributed by atoms with Gasteiger partial charge in [0.15, 0.2) is 0 Å². The standard InChI is InChI=1S/C24H20N2O2S/c27-29(28,24-19-11-10-18-23(24)25-20-12-4-1-5-13-20)26(21-14-6-2-7-15-21)22-16-8-3-9-17-22/h1-19,25H. The Labute approximate surface area is 171 Å². The zero-order valence-electron chi connectivity index (χ0n) is 15.6. The summed E-state index contributed by atoms with van der Waals surface area (Å²) in [6, 6.07) is 34.7. The number of rotatable bonds is 6. The molecule has 0 atom stereocenters. The van der Waals surface area contributed by atoms with Gasteiger partial charge in [0.25, 0.3) is 10.0 Å². The Morgan fingerprint density at radius 2 is 1.00 bits per heavy atom. The maximum absolute atomic E-state index is 13.8. The van der Waals surface area contributed by atoms with E-state index in [0.717, 1.165) is 5.69 Å². The summed E-state index contributed by atoms with van der Waals surface area (Å²) < 4.78 is 29.0. The third-order valence-electron chi connectivity index (χ3n) is 4.44. The molecular formula is C24H20N2O2S. The quantitative estimate of drug-likeness (QED) is 0.435. The summed E-state index contributed by atoms with van der Waals surface area (Å²) >= 11 is 0. The molecule has 0 unspecified atom stereocenters. The van der Waals surface area contributed by atoms with Gasteiger partial charge < -0.3 is 5.32 Å². The average Bonchev–Trinajstić information content (AvgIpc) is 2.76. The molecule has 4 aromatic carbocycles. The van der Waals surface area contributed by atoms with Crippen LogP contribution in [0.3, 0.4) is 0 Å². The Bertz CT molecular complexity index is 1140. The summed E-state index contributed by atoms with van der Waals surface area (Å²) in [4.78, 5) is 0.205. The van der Waals surface area contributed by atoms with Gasteiger partial charge in [0, 0.05) is 5.69 Å². The first-order valence-electron chi connectivity index (χ1n) is 9.23. The minimum Gasteiger partial charge on any atom is -0.354 e. The zero-order chi connectivity index (χ0) is 20.1. The second kappa shape index (κ2) is 8.20. The Hall–Kier alpha value is -3.57. The van der Waals surface area contributed by atoms with Crippen LogP contribution in [-0.2, 0) is 10.0 Å². The predicted octanol–water partition coefficient (Wildman–Crippen LogP) is 5.96. The van der Waals surface area contributed by atoms with Crippen molar-refractivity contribution in [1.29, 1.82) is 0 Å². The molecule has 5 heteroatoms. The SMILES string of the molecule is O=S(=O)(c1ccccc1Nc1ccccc1)N(c1ccccc1)c1ccccc1. The van der Waals surface area contributed by atoms with Gasteiger partial charge in [0.1, 0.15) is 4.90 Å². The van der Waals surface area contributed by atoms with Crippen molar-refractivity contribution >= 4 is 32.8 Å². The molecule has 0 aliphatic carbocycles. The van der Waals surface area contributed by atoms with E-state index in [9.17, 15) is 8.42 Å². The van der Waals surface area contributed by atoms with E-state index in [1.807, 2.05) is 72.8 Å².